The zero-order valence-electron chi connectivity index (χ0n) is 20.6. The summed E-state index contributed by atoms with van der Waals surface area (Å²) in [6.45, 7) is 9.88. The molecule has 0 bridgehead atoms. The summed E-state index contributed by atoms with van der Waals surface area (Å²) in [7, 11) is 2.05. The summed E-state index contributed by atoms with van der Waals surface area (Å²) in [5.74, 6) is -0.510. The third kappa shape index (κ3) is 3.22. The Bertz CT molecular complexity index is 1640. The fourth-order valence-electron chi connectivity index (χ4n) is 5.42. The summed E-state index contributed by atoms with van der Waals surface area (Å²) in [5, 5.41) is 2.06. The molecule has 3 nitrogen and oxygen atoms in total. The Morgan fingerprint density at radius 2 is 1.65 bits per heavy atom. The van der Waals surface area contributed by atoms with Gasteiger partial charge in [-0.2, -0.15) is 0 Å². The van der Waals surface area contributed by atoms with E-state index in [2.05, 4.69) is 53.8 Å². The minimum atomic E-state index is -0.510. The molecule has 0 N–H and O–H groups in total. The van der Waals surface area contributed by atoms with Crippen LogP contribution in [0.15, 0.2) is 77.3 Å². The molecule has 1 aliphatic carbocycles. The van der Waals surface area contributed by atoms with Gasteiger partial charge in [-0.15, -0.1) is 0 Å². The summed E-state index contributed by atoms with van der Waals surface area (Å²) in [5.41, 5.74) is 8.29. The molecule has 6 rings (SSSR count). The molecular formula is C31H27N2O+. The lowest BCUT2D eigenvalue weighted by molar-refractivity contribution is -0.660. The number of nitrogens with zero attached hydrogens (tertiary/aromatic N) is 2. The minimum Gasteiger partial charge on any atom is -0.456 e. The van der Waals surface area contributed by atoms with Crippen LogP contribution in [-0.4, -0.2) is 0 Å². The molecule has 34 heavy (non-hydrogen) atoms. The Kier molecular flexibility index (Phi) is 4.69. The lowest BCUT2D eigenvalue weighted by Crippen LogP contribution is -2.31. The van der Waals surface area contributed by atoms with Crippen molar-refractivity contribution in [2.24, 2.45) is 7.05 Å². The largest absolute Gasteiger partial charge is 0.456 e. The van der Waals surface area contributed by atoms with Gasteiger partial charge in [0.05, 0.1) is 12.1 Å². The molecule has 1 aliphatic rings. The standard InChI is InChI=1S/C31H27N2O/c1-20-13-14-24-25-15-16-26(32-2)29(22-11-5-4-6-12-22)31(25)34-30(24)28(20)27-19-23(17-18-33(27)3)21-9-7-8-10-21/h4-6,11-19,21H,7-10H2,1,3H3/q+1/i21D. The van der Waals surface area contributed by atoms with E-state index < -0.39 is 5.89 Å². The second-order valence-electron chi connectivity index (χ2n) is 9.27. The predicted molar refractivity (Wildman–Crippen MR) is 138 cm³/mol. The van der Waals surface area contributed by atoms with E-state index in [0.29, 0.717) is 5.69 Å². The molecule has 1 saturated carbocycles. The van der Waals surface area contributed by atoms with Crippen molar-refractivity contribution in [2.45, 2.75) is 38.5 Å². The number of hydrogen-bond donors (Lipinski definition) is 0. The van der Waals surface area contributed by atoms with Gasteiger partial charge in [0, 0.05) is 29.8 Å². The van der Waals surface area contributed by atoms with Crippen LogP contribution in [0.4, 0.5) is 5.69 Å². The highest BCUT2D eigenvalue weighted by molar-refractivity contribution is 6.15. The van der Waals surface area contributed by atoms with E-state index in [1.807, 2.05) is 42.5 Å². The van der Waals surface area contributed by atoms with Gasteiger partial charge in [0.2, 0.25) is 5.69 Å². The summed E-state index contributed by atoms with van der Waals surface area (Å²) in [6.07, 6.45) is 6.13. The Hall–Kier alpha value is -3.90. The van der Waals surface area contributed by atoms with Gasteiger partial charge in [0.25, 0.3) is 0 Å². The number of hydrogen-bond acceptors (Lipinski definition) is 1. The summed E-state index contributed by atoms with van der Waals surface area (Å²) >= 11 is 0. The number of rotatable bonds is 3. The summed E-state index contributed by atoms with van der Waals surface area (Å²) < 4.78 is 17.9. The van der Waals surface area contributed by atoms with Gasteiger partial charge >= 0.3 is 0 Å². The molecule has 0 amide bonds. The third-order valence-corrected chi connectivity index (χ3v) is 7.20. The van der Waals surface area contributed by atoms with E-state index in [-0.39, 0.29) is 0 Å². The van der Waals surface area contributed by atoms with Crippen molar-refractivity contribution in [3.8, 4) is 22.4 Å². The van der Waals surface area contributed by atoms with E-state index >= 15 is 0 Å². The maximum atomic E-state index is 9.06. The van der Waals surface area contributed by atoms with Crippen LogP contribution < -0.4 is 4.57 Å². The lowest BCUT2D eigenvalue weighted by Gasteiger charge is -2.11. The fraction of sp³-hybridized carbons (Fsp3) is 0.226. The number of aromatic nitrogens is 1. The second-order valence-corrected chi connectivity index (χ2v) is 9.27. The number of pyridine rings is 1. The number of furan rings is 1. The monoisotopic (exact) mass is 444 g/mol. The van der Waals surface area contributed by atoms with Crippen molar-refractivity contribution in [1.82, 2.24) is 0 Å². The van der Waals surface area contributed by atoms with Gasteiger partial charge < -0.3 is 4.42 Å². The van der Waals surface area contributed by atoms with Crippen LogP contribution in [0, 0.1) is 13.5 Å². The molecule has 0 aliphatic heterocycles. The quantitative estimate of drug-likeness (QED) is 0.203. The molecule has 3 heteroatoms. The molecule has 166 valence electrons. The third-order valence-electron chi connectivity index (χ3n) is 7.20. The van der Waals surface area contributed by atoms with Gasteiger partial charge in [-0.3, -0.25) is 0 Å². The van der Waals surface area contributed by atoms with Crippen molar-refractivity contribution < 1.29 is 10.4 Å². The molecule has 1 fully saturated rings. The Morgan fingerprint density at radius 3 is 2.38 bits per heavy atom. The number of aryl methyl sites for hydroxylation is 2. The SMILES string of the molecule is [2H]C1(c2cc[n+](C)c(-c3c(C)ccc4c3oc3c(-c5ccccc5)c([N+]#[C-])ccc34)c2)CCCC1. The first kappa shape index (κ1) is 19.6. The van der Waals surface area contributed by atoms with Gasteiger partial charge in [-0.1, -0.05) is 67.4 Å². The molecular weight excluding hydrogens is 416 g/mol. The maximum absolute atomic E-state index is 9.06. The first-order valence-corrected chi connectivity index (χ1v) is 11.9. The summed E-state index contributed by atoms with van der Waals surface area (Å²) in [4.78, 5) is 3.81. The van der Waals surface area contributed by atoms with E-state index in [0.717, 1.165) is 81.1 Å². The van der Waals surface area contributed by atoms with Gasteiger partial charge in [0.15, 0.2) is 11.9 Å². The van der Waals surface area contributed by atoms with Crippen molar-refractivity contribution in [3.63, 3.8) is 0 Å². The molecule has 3 aromatic carbocycles. The first-order chi connectivity index (χ1) is 17.0. The van der Waals surface area contributed by atoms with Gasteiger partial charge in [-0.05, 0) is 42.3 Å². The second kappa shape index (κ2) is 8.15. The fourth-order valence-corrected chi connectivity index (χ4v) is 5.42. The van der Waals surface area contributed by atoms with Crippen molar-refractivity contribution >= 4 is 27.6 Å². The Balaban J connectivity index is 1.66. The van der Waals surface area contributed by atoms with Gasteiger partial charge in [-0.25, -0.2) is 9.41 Å². The normalized spacial score (nSPS) is 15.5. The summed E-state index contributed by atoms with van der Waals surface area (Å²) in [6, 6.07) is 22.5. The molecule has 0 saturated heterocycles. The Labute approximate surface area is 201 Å². The maximum Gasteiger partial charge on any atom is 0.216 e. The molecule has 2 aromatic heterocycles. The van der Waals surface area contributed by atoms with Crippen molar-refractivity contribution in [3.05, 3.63) is 95.5 Å². The van der Waals surface area contributed by atoms with E-state index in [1.165, 1.54) is 0 Å². The topological polar surface area (TPSA) is 21.4 Å². The molecule has 0 atom stereocenters. The van der Waals surface area contributed by atoms with Crippen molar-refractivity contribution in [1.29, 1.82) is 0 Å². The first-order valence-electron chi connectivity index (χ1n) is 12.4. The average molecular weight is 445 g/mol. The lowest BCUT2D eigenvalue weighted by atomic mass is 9.94. The Morgan fingerprint density at radius 1 is 0.941 bits per heavy atom. The zero-order valence-corrected chi connectivity index (χ0v) is 19.6. The van der Waals surface area contributed by atoms with Gasteiger partial charge in [0.1, 0.15) is 18.2 Å². The van der Waals surface area contributed by atoms with Crippen LogP contribution in [0.25, 0.3) is 49.2 Å². The van der Waals surface area contributed by atoms with Crippen LogP contribution in [0.2, 0.25) is 0 Å². The van der Waals surface area contributed by atoms with Crippen LogP contribution in [0.1, 0.15) is 44.1 Å². The van der Waals surface area contributed by atoms with Crippen molar-refractivity contribution in [2.75, 3.05) is 0 Å². The predicted octanol–water partition coefficient (Wildman–Crippen LogP) is 8.26. The zero-order chi connectivity index (χ0) is 24.2. The molecule has 0 radical (unpaired) electrons. The smallest absolute Gasteiger partial charge is 0.216 e. The van der Waals surface area contributed by atoms with Crippen LogP contribution in [0.3, 0.4) is 0 Å². The minimum absolute atomic E-state index is 0.510. The van der Waals surface area contributed by atoms with Crippen LogP contribution in [0.5, 0.6) is 0 Å². The molecule has 0 unspecified atom stereocenters. The molecule has 5 aromatic rings. The van der Waals surface area contributed by atoms with E-state index in [4.69, 9.17) is 12.4 Å². The van der Waals surface area contributed by atoms with Crippen LogP contribution >= 0.6 is 0 Å². The van der Waals surface area contributed by atoms with E-state index in [9.17, 15) is 0 Å². The average Bonchev–Trinajstić information content (AvgIpc) is 3.48. The highest BCUT2D eigenvalue weighted by Crippen LogP contribution is 2.44. The van der Waals surface area contributed by atoms with Crippen LogP contribution in [-0.2, 0) is 7.05 Å². The highest BCUT2D eigenvalue weighted by atomic mass is 16.3. The molecule has 0 spiro atoms. The number of benzene rings is 3. The molecule has 2 heterocycles. The number of fused-ring (bicyclic) bond motifs is 3. The van der Waals surface area contributed by atoms with E-state index in [1.54, 1.807) is 0 Å². The highest BCUT2D eigenvalue weighted by Gasteiger charge is 2.25.